The summed E-state index contributed by atoms with van der Waals surface area (Å²) in [6.45, 7) is 2.58. The molecule has 0 saturated carbocycles. The Morgan fingerprint density at radius 2 is 2.00 bits per heavy atom. The molecule has 0 aliphatic carbocycles. The number of carboxylic acids is 1. The zero-order chi connectivity index (χ0) is 12.8. The van der Waals surface area contributed by atoms with Crippen LogP contribution in [0.3, 0.4) is 0 Å². The van der Waals surface area contributed by atoms with Gasteiger partial charge in [0.05, 0.1) is 11.3 Å². The molecule has 0 aliphatic heterocycles. The molecule has 2 N–H and O–H groups in total. The second kappa shape index (κ2) is 6.18. The number of hydrogen-bond donors (Lipinski definition) is 2. The molecule has 5 heteroatoms. The van der Waals surface area contributed by atoms with Crippen molar-refractivity contribution < 1.29 is 18.7 Å². The molecule has 1 rings (SSSR count). The molecule has 0 heterocycles. The predicted octanol–water partition coefficient (Wildman–Crippen LogP) is 3.27. The molecule has 0 atom stereocenters. The van der Waals surface area contributed by atoms with Crippen molar-refractivity contribution in [2.45, 2.75) is 26.2 Å². The van der Waals surface area contributed by atoms with Crippen molar-refractivity contribution in [3.63, 3.8) is 0 Å². The Balaban J connectivity index is 2.77. The molecule has 0 aromatic heterocycles. The Morgan fingerprint density at radius 1 is 1.29 bits per heavy atom. The van der Waals surface area contributed by atoms with Crippen LogP contribution in [0.25, 0.3) is 0 Å². The van der Waals surface area contributed by atoms with Crippen LogP contribution in [0.1, 0.15) is 36.5 Å². The van der Waals surface area contributed by atoms with Crippen molar-refractivity contribution in [1.29, 1.82) is 0 Å². The average molecular weight is 243 g/mol. The zero-order valence-electron chi connectivity index (χ0n) is 9.59. The molecular weight excluding hydrogens is 228 g/mol. The van der Waals surface area contributed by atoms with Gasteiger partial charge in [0, 0.05) is 12.6 Å². The van der Waals surface area contributed by atoms with Crippen molar-refractivity contribution in [3.8, 4) is 0 Å². The van der Waals surface area contributed by atoms with E-state index in [2.05, 4.69) is 5.32 Å². The summed E-state index contributed by atoms with van der Waals surface area (Å²) in [5.74, 6) is -3.24. The van der Waals surface area contributed by atoms with E-state index in [4.69, 9.17) is 5.11 Å². The van der Waals surface area contributed by atoms with E-state index in [1.165, 1.54) is 0 Å². The Kier molecular flexibility index (Phi) is 4.87. The maximum absolute atomic E-state index is 13.3. The maximum atomic E-state index is 13.3. The van der Waals surface area contributed by atoms with E-state index in [0.717, 1.165) is 25.3 Å². The number of nitrogens with one attached hydrogen (secondary N) is 1. The SMILES string of the molecule is CCCCCNc1cc(C(=O)O)c(F)cc1F. The lowest BCUT2D eigenvalue weighted by Crippen LogP contribution is -2.07. The van der Waals surface area contributed by atoms with Crippen LogP contribution in [0.15, 0.2) is 12.1 Å². The van der Waals surface area contributed by atoms with Gasteiger partial charge < -0.3 is 10.4 Å². The minimum Gasteiger partial charge on any atom is -0.478 e. The molecule has 0 radical (unpaired) electrons. The highest BCUT2D eigenvalue weighted by molar-refractivity contribution is 5.89. The number of halogens is 2. The van der Waals surface area contributed by atoms with Crippen LogP contribution in [0.4, 0.5) is 14.5 Å². The Morgan fingerprint density at radius 3 is 2.59 bits per heavy atom. The van der Waals surface area contributed by atoms with E-state index in [-0.39, 0.29) is 5.69 Å². The number of benzene rings is 1. The molecule has 0 aliphatic rings. The minimum absolute atomic E-state index is 0.0277. The number of unbranched alkanes of at least 4 members (excludes halogenated alkanes) is 2. The number of aromatic carboxylic acids is 1. The van der Waals surface area contributed by atoms with Gasteiger partial charge in [-0.25, -0.2) is 13.6 Å². The Bertz CT molecular complexity index is 408. The van der Waals surface area contributed by atoms with E-state index >= 15 is 0 Å². The molecule has 0 amide bonds. The highest BCUT2D eigenvalue weighted by Gasteiger charge is 2.14. The van der Waals surface area contributed by atoms with Crippen LogP contribution in [0, 0.1) is 11.6 Å². The van der Waals surface area contributed by atoms with E-state index in [1.54, 1.807) is 0 Å². The summed E-state index contributed by atoms with van der Waals surface area (Å²) >= 11 is 0. The highest BCUT2D eigenvalue weighted by atomic mass is 19.1. The van der Waals surface area contributed by atoms with E-state index < -0.39 is 23.2 Å². The van der Waals surface area contributed by atoms with Crippen LogP contribution in [0.2, 0.25) is 0 Å². The van der Waals surface area contributed by atoms with Gasteiger partial charge in [0.15, 0.2) is 0 Å². The van der Waals surface area contributed by atoms with Gasteiger partial charge in [-0.2, -0.15) is 0 Å². The molecule has 1 aromatic rings. The summed E-state index contributed by atoms with van der Waals surface area (Å²) in [5, 5.41) is 11.5. The molecular formula is C12H15F2NO2. The minimum atomic E-state index is -1.40. The number of rotatable bonds is 6. The van der Waals surface area contributed by atoms with Gasteiger partial charge >= 0.3 is 5.97 Å². The maximum Gasteiger partial charge on any atom is 0.338 e. The normalized spacial score (nSPS) is 10.3. The number of carboxylic acid groups (broad SMARTS) is 1. The quantitative estimate of drug-likeness (QED) is 0.754. The molecule has 0 fully saturated rings. The Labute approximate surface area is 98.5 Å². The first-order chi connectivity index (χ1) is 8.06. The topological polar surface area (TPSA) is 49.3 Å². The standard InChI is InChI=1S/C12H15F2NO2/c1-2-3-4-5-15-11-6-8(12(16)17)9(13)7-10(11)14/h6-7,15H,2-5H2,1H3,(H,16,17). The molecule has 3 nitrogen and oxygen atoms in total. The second-order valence-corrected chi connectivity index (χ2v) is 3.75. The van der Waals surface area contributed by atoms with Gasteiger partial charge in [0.25, 0.3) is 0 Å². The van der Waals surface area contributed by atoms with Gasteiger partial charge in [0.2, 0.25) is 0 Å². The first-order valence-corrected chi connectivity index (χ1v) is 5.52. The van der Waals surface area contributed by atoms with E-state index in [9.17, 15) is 13.6 Å². The molecule has 0 bridgehead atoms. The van der Waals surface area contributed by atoms with Crippen LogP contribution in [-0.4, -0.2) is 17.6 Å². The summed E-state index contributed by atoms with van der Waals surface area (Å²) < 4.78 is 26.4. The van der Waals surface area contributed by atoms with Gasteiger partial charge in [-0.3, -0.25) is 0 Å². The first kappa shape index (κ1) is 13.4. The summed E-state index contributed by atoms with van der Waals surface area (Å²) in [6, 6.07) is 1.57. The lowest BCUT2D eigenvalue weighted by molar-refractivity contribution is 0.0692. The van der Waals surface area contributed by atoms with Crippen LogP contribution < -0.4 is 5.32 Å². The van der Waals surface area contributed by atoms with Gasteiger partial charge in [-0.05, 0) is 12.5 Å². The third-order valence-corrected chi connectivity index (χ3v) is 2.38. The second-order valence-electron chi connectivity index (χ2n) is 3.75. The summed E-state index contributed by atoms with van der Waals surface area (Å²) in [6.07, 6.45) is 2.89. The monoisotopic (exact) mass is 243 g/mol. The molecule has 1 aromatic carbocycles. The summed E-state index contributed by atoms with van der Waals surface area (Å²) in [5.41, 5.74) is -0.496. The van der Waals surface area contributed by atoms with Gasteiger partial charge in [0.1, 0.15) is 11.6 Å². The van der Waals surface area contributed by atoms with Crippen molar-refractivity contribution in [3.05, 3.63) is 29.3 Å². The molecule has 94 valence electrons. The number of hydrogen-bond acceptors (Lipinski definition) is 2. The fourth-order valence-electron chi connectivity index (χ4n) is 1.45. The Hall–Kier alpha value is -1.65. The third-order valence-electron chi connectivity index (χ3n) is 2.38. The molecule has 0 saturated heterocycles. The summed E-state index contributed by atoms with van der Waals surface area (Å²) in [7, 11) is 0. The van der Waals surface area contributed by atoms with E-state index in [0.29, 0.717) is 12.6 Å². The third kappa shape index (κ3) is 3.69. The van der Waals surface area contributed by atoms with Crippen molar-refractivity contribution in [2.24, 2.45) is 0 Å². The summed E-state index contributed by atoms with van der Waals surface area (Å²) in [4.78, 5) is 10.7. The van der Waals surface area contributed by atoms with Crippen LogP contribution in [-0.2, 0) is 0 Å². The van der Waals surface area contributed by atoms with Gasteiger partial charge in [-0.15, -0.1) is 0 Å². The smallest absolute Gasteiger partial charge is 0.338 e. The van der Waals surface area contributed by atoms with Crippen molar-refractivity contribution >= 4 is 11.7 Å². The first-order valence-electron chi connectivity index (χ1n) is 5.52. The number of anilines is 1. The average Bonchev–Trinajstić information content (AvgIpc) is 2.26. The molecule has 17 heavy (non-hydrogen) atoms. The molecule has 0 spiro atoms. The van der Waals surface area contributed by atoms with Crippen molar-refractivity contribution in [1.82, 2.24) is 0 Å². The fourth-order valence-corrected chi connectivity index (χ4v) is 1.45. The molecule has 0 unspecified atom stereocenters. The van der Waals surface area contributed by atoms with Crippen LogP contribution in [0.5, 0.6) is 0 Å². The van der Waals surface area contributed by atoms with E-state index in [1.807, 2.05) is 6.92 Å². The largest absolute Gasteiger partial charge is 0.478 e. The zero-order valence-corrected chi connectivity index (χ0v) is 9.59. The number of carbonyl (C=O) groups is 1. The lowest BCUT2D eigenvalue weighted by atomic mass is 10.1. The lowest BCUT2D eigenvalue weighted by Gasteiger charge is -2.08. The van der Waals surface area contributed by atoms with Gasteiger partial charge in [-0.1, -0.05) is 19.8 Å². The fraction of sp³-hybridized carbons (Fsp3) is 0.417. The van der Waals surface area contributed by atoms with Crippen LogP contribution >= 0.6 is 0 Å². The van der Waals surface area contributed by atoms with Crippen molar-refractivity contribution in [2.75, 3.05) is 11.9 Å². The highest BCUT2D eigenvalue weighted by Crippen LogP contribution is 2.19. The predicted molar refractivity (Wildman–Crippen MR) is 61.3 cm³/mol.